The summed E-state index contributed by atoms with van der Waals surface area (Å²) in [5.41, 5.74) is -0.482. The Morgan fingerprint density at radius 1 is 1.17 bits per heavy atom. The maximum atomic E-state index is 14.1. The normalized spacial score (nSPS) is 11.1. The number of hydrogen-bond donors (Lipinski definition) is 0. The first kappa shape index (κ1) is 19.0. The molecule has 0 aliphatic carbocycles. The summed E-state index contributed by atoms with van der Waals surface area (Å²) < 4.78 is 29.1. The Bertz CT molecular complexity index is 613. The van der Waals surface area contributed by atoms with E-state index in [4.69, 9.17) is 25.8 Å². The van der Waals surface area contributed by atoms with E-state index in [0.717, 1.165) is 6.26 Å². The van der Waals surface area contributed by atoms with E-state index in [1.54, 1.807) is 20.8 Å². The van der Waals surface area contributed by atoms with Gasteiger partial charge in [0, 0.05) is 0 Å². The third kappa shape index (κ3) is 4.69. The van der Waals surface area contributed by atoms with Crippen molar-refractivity contribution in [3.63, 3.8) is 0 Å². The second-order valence-electron chi connectivity index (χ2n) is 4.21. The Hall–Kier alpha value is -2.08. The standard InChI is InChI=1S/C16H18ClFO5/c1-4-21-9-11(16(20)23-6-3)14(19)10-7-8-12(17)13(18)15(10)22-5-2/h7-9H,4-6H2,1-3H3. The highest BCUT2D eigenvalue weighted by Gasteiger charge is 2.27. The Labute approximate surface area is 139 Å². The van der Waals surface area contributed by atoms with Crippen LogP contribution < -0.4 is 4.74 Å². The Morgan fingerprint density at radius 3 is 2.43 bits per heavy atom. The average Bonchev–Trinajstić information content (AvgIpc) is 2.52. The molecule has 23 heavy (non-hydrogen) atoms. The lowest BCUT2D eigenvalue weighted by Gasteiger charge is -2.12. The van der Waals surface area contributed by atoms with E-state index in [2.05, 4.69) is 0 Å². The van der Waals surface area contributed by atoms with Crippen molar-refractivity contribution in [3.05, 3.63) is 40.4 Å². The number of carbonyl (C=O) groups is 2. The van der Waals surface area contributed by atoms with Gasteiger partial charge in [-0.15, -0.1) is 0 Å². The molecule has 5 nitrogen and oxygen atoms in total. The second-order valence-corrected chi connectivity index (χ2v) is 4.61. The molecule has 0 aliphatic heterocycles. The second kappa shape index (κ2) is 9.15. The summed E-state index contributed by atoms with van der Waals surface area (Å²) in [5, 5.41) is -0.184. The lowest BCUT2D eigenvalue weighted by atomic mass is 10.0. The number of hydrogen-bond acceptors (Lipinski definition) is 5. The molecular formula is C16H18ClFO5. The van der Waals surface area contributed by atoms with Gasteiger partial charge in [-0.25, -0.2) is 9.18 Å². The van der Waals surface area contributed by atoms with Crippen LogP contribution in [0.2, 0.25) is 5.02 Å². The fourth-order valence-electron chi connectivity index (χ4n) is 1.71. The van der Waals surface area contributed by atoms with Gasteiger partial charge in [0.1, 0.15) is 11.8 Å². The molecule has 0 unspecified atom stereocenters. The molecule has 0 saturated carbocycles. The van der Waals surface area contributed by atoms with E-state index in [1.165, 1.54) is 12.1 Å². The van der Waals surface area contributed by atoms with E-state index >= 15 is 0 Å². The molecule has 0 atom stereocenters. The van der Waals surface area contributed by atoms with Crippen LogP contribution >= 0.6 is 11.6 Å². The third-order valence-electron chi connectivity index (χ3n) is 2.69. The van der Waals surface area contributed by atoms with Crippen molar-refractivity contribution in [3.8, 4) is 5.75 Å². The van der Waals surface area contributed by atoms with Crippen LogP contribution in [0.4, 0.5) is 4.39 Å². The molecule has 0 aromatic heterocycles. The minimum atomic E-state index is -0.862. The third-order valence-corrected chi connectivity index (χ3v) is 2.98. The maximum Gasteiger partial charge on any atom is 0.345 e. The molecule has 7 heteroatoms. The first-order chi connectivity index (χ1) is 11.0. The predicted octanol–water partition coefficient (Wildman–Crippen LogP) is 3.54. The minimum absolute atomic E-state index is 0.0862. The van der Waals surface area contributed by atoms with Gasteiger partial charge in [0.05, 0.1) is 30.4 Å². The van der Waals surface area contributed by atoms with E-state index in [1.807, 2.05) is 0 Å². The molecule has 0 fully saturated rings. The summed E-state index contributed by atoms with van der Waals surface area (Å²) in [7, 11) is 0. The van der Waals surface area contributed by atoms with Gasteiger partial charge in [-0.05, 0) is 32.9 Å². The van der Waals surface area contributed by atoms with Crippen LogP contribution in [0.1, 0.15) is 31.1 Å². The zero-order valence-electron chi connectivity index (χ0n) is 13.2. The van der Waals surface area contributed by atoms with Gasteiger partial charge in [0.25, 0.3) is 0 Å². The van der Waals surface area contributed by atoms with Crippen molar-refractivity contribution in [2.75, 3.05) is 19.8 Å². The number of ketones is 1. The molecule has 126 valence electrons. The summed E-state index contributed by atoms with van der Waals surface area (Å²) in [6, 6.07) is 2.51. The number of halogens is 2. The summed E-state index contributed by atoms with van der Waals surface area (Å²) in [5.74, 6) is -2.80. The molecule has 0 bridgehead atoms. The number of carbonyl (C=O) groups excluding carboxylic acids is 2. The van der Waals surface area contributed by atoms with Gasteiger partial charge in [0.15, 0.2) is 11.6 Å². The molecule has 1 rings (SSSR count). The van der Waals surface area contributed by atoms with Crippen LogP contribution in [-0.4, -0.2) is 31.6 Å². The molecule has 0 aliphatic rings. The van der Waals surface area contributed by atoms with Crippen LogP contribution in [0.5, 0.6) is 5.75 Å². The van der Waals surface area contributed by atoms with Crippen LogP contribution in [-0.2, 0) is 14.3 Å². The topological polar surface area (TPSA) is 61.8 Å². The summed E-state index contributed by atoms with van der Waals surface area (Å²) in [4.78, 5) is 24.5. The Balaban J connectivity index is 3.33. The fraction of sp³-hybridized carbons (Fsp3) is 0.375. The number of benzene rings is 1. The minimum Gasteiger partial charge on any atom is -0.500 e. The van der Waals surface area contributed by atoms with Gasteiger partial charge in [0.2, 0.25) is 5.78 Å². The van der Waals surface area contributed by atoms with Crippen molar-refractivity contribution in [1.82, 2.24) is 0 Å². The molecule has 0 N–H and O–H groups in total. The molecule has 0 spiro atoms. The molecule has 0 radical (unpaired) electrons. The Kier molecular flexibility index (Phi) is 7.54. The zero-order valence-corrected chi connectivity index (χ0v) is 13.9. The highest BCUT2D eigenvalue weighted by Crippen LogP contribution is 2.30. The quantitative estimate of drug-likeness (QED) is 0.180. The maximum absolute atomic E-state index is 14.1. The van der Waals surface area contributed by atoms with Crippen molar-refractivity contribution < 1.29 is 28.2 Å². The SMILES string of the molecule is CCOC=C(C(=O)OCC)C(=O)c1ccc(Cl)c(F)c1OCC. The number of rotatable bonds is 8. The van der Waals surface area contributed by atoms with Crippen molar-refractivity contribution in [2.24, 2.45) is 0 Å². The smallest absolute Gasteiger partial charge is 0.345 e. The van der Waals surface area contributed by atoms with Gasteiger partial charge in [-0.3, -0.25) is 4.79 Å². The molecule has 1 aromatic rings. The first-order valence-electron chi connectivity index (χ1n) is 7.12. The van der Waals surface area contributed by atoms with Gasteiger partial charge in [-0.2, -0.15) is 0 Å². The van der Waals surface area contributed by atoms with Gasteiger partial charge < -0.3 is 14.2 Å². The summed E-state index contributed by atoms with van der Waals surface area (Å²) >= 11 is 5.70. The predicted molar refractivity (Wildman–Crippen MR) is 83.3 cm³/mol. The lowest BCUT2D eigenvalue weighted by molar-refractivity contribution is -0.138. The average molecular weight is 345 g/mol. The number of esters is 1. The van der Waals surface area contributed by atoms with Crippen molar-refractivity contribution in [2.45, 2.75) is 20.8 Å². The highest BCUT2D eigenvalue weighted by atomic mass is 35.5. The van der Waals surface area contributed by atoms with Crippen molar-refractivity contribution >= 4 is 23.4 Å². The monoisotopic (exact) mass is 344 g/mol. The van der Waals surface area contributed by atoms with E-state index in [0.29, 0.717) is 0 Å². The molecule has 0 amide bonds. The molecule has 0 saturated heterocycles. The zero-order chi connectivity index (χ0) is 17.4. The summed E-state index contributed by atoms with van der Waals surface area (Å²) in [6.45, 7) is 5.40. The van der Waals surface area contributed by atoms with Gasteiger partial charge >= 0.3 is 5.97 Å². The largest absolute Gasteiger partial charge is 0.500 e. The lowest BCUT2D eigenvalue weighted by Crippen LogP contribution is -2.18. The number of ether oxygens (including phenoxy) is 3. The molecular weight excluding hydrogens is 327 g/mol. The van der Waals surface area contributed by atoms with E-state index < -0.39 is 17.6 Å². The Morgan fingerprint density at radius 2 is 1.87 bits per heavy atom. The highest BCUT2D eigenvalue weighted by molar-refractivity contribution is 6.31. The molecule has 1 aromatic carbocycles. The van der Waals surface area contributed by atoms with Crippen LogP contribution in [0.15, 0.2) is 24.0 Å². The molecule has 0 heterocycles. The van der Waals surface area contributed by atoms with E-state index in [9.17, 15) is 14.0 Å². The van der Waals surface area contributed by atoms with Crippen molar-refractivity contribution in [1.29, 1.82) is 0 Å². The fourth-order valence-corrected chi connectivity index (χ4v) is 1.86. The number of Topliss-reactive ketones (excluding diaryl/α,β-unsaturated/α-hetero) is 1. The van der Waals surface area contributed by atoms with Crippen LogP contribution in [0.3, 0.4) is 0 Å². The summed E-state index contributed by atoms with van der Waals surface area (Å²) in [6.07, 6.45) is 1.00. The van der Waals surface area contributed by atoms with Crippen LogP contribution in [0, 0.1) is 5.82 Å². The van der Waals surface area contributed by atoms with E-state index in [-0.39, 0.29) is 41.7 Å². The van der Waals surface area contributed by atoms with Gasteiger partial charge in [-0.1, -0.05) is 11.6 Å². The first-order valence-corrected chi connectivity index (χ1v) is 7.49. The van der Waals surface area contributed by atoms with Crippen LogP contribution in [0.25, 0.3) is 0 Å².